The Morgan fingerprint density at radius 2 is 1.77 bits per heavy atom. The zero-order chi connectivity index (χ0) is 21.3. The Hall–Kier alpha value is -2.31. The average Bonchev–Trinajstić information content (AvgIpc) is 2.75. The monoisotopic (exact) mass is 416 g/mol. The van der Waals surface area contributed by atoms with Gasteiger partial charge in [0.05, 0.1) is 0 Å². The van der Waals surface area contributed by atoms with E-state index in [9.17, 15) is 13.6 Å². The van der Waals surface area contributed by atoms with E-state index >= 15 is 0 Å². The number of carbonyl (C=O) groups excluding carboxylic acids is 1. The van der Waals surface area contributed by atoms with Gasteiger partial charge < -0.3 is 14.5 Å². The number of para-hydroxylation sites is 1. The molecule has 2 aromatic carbocycles. The first-order chi connectivity index (χ1) is 14.5. The molecule has 1 aliphatic rings. The zero-order valence-electron chi connectivity index (χ0n) is 17.5. The van der Waals surface area contributed by atoms with Crippen LogP contribution in [0.3, 0.4) is 0 Å². The number of rotatable bonds is 10. The van der Waals surface area contributed by atoms with E-state index in [0.717, 1.165) is 52.0 Å². The standard InChI is InChI=1S/C24H30F2N2O2/c1-27(14-4-6-23(29)19-8-10-20(25)11-9-19)17-18-28-15-12-21(13-16-28)30-24-7-3-2-5-22(24)26/h2-3,5,7-11,21H,4,6,12-18H2,1H3. The quantitative estimate of drug-likeness (QED) is 0.538. The van der Waals surface area contributed by atoms with Gasteiger partial charge in [0.2, 0.25) is 0 Å². The van der Waals surface area contributed by atoms with Crippen molar-refractivity contribution in [1.29, 1.82) is 0 Å². The lowest BCUT2D eigenvalue weighted by atomic mass is 10.1. The maximum Gasteiger partial charge on any atom is 0.165 e. The Morgan fingerprint density at radius 1 is 1.07 bits per heavy atom. The van der Waals surface area contributed by atoms with Crippen LogP contribution in [0, 0.1) is 11.6 Å². The summed E-state index contributed by atoms with van der Waals surface area (Å²) in [5, 5.41) is 0. The molecule has 3 rings (SSSR count). The lowest BCUT2D eigenvalue weighted by Gasteiger charge is -2.33. The molecule has 1 heterocycles. The predicted molar refractivity (Wildman–Crippen MR) is 114 cm³/mol. The van der Waals surface area contributed by atoms with Crippen molar-refractivity contribution >= 4 is 5.78 Å². The number of ether oxygens (including phenoxy) is 1. The molecule has 6 heteroatoms. The van der Waals surface area contributed by atoms with Gasteiger partial charge in [-0.1, -0.05) is 12.1 Å². The number of piperidine rings is 1. The lowest BCUT2D eigenvalue weighted by Crippen LogP contribution is -2.41. The summed E-state index contributed by atoms with van der Waals surface area (Å²) in [4.78, 5) is 16.8. The van der Waals surface area contributed by atoms with Crippen LogP contribution >= 0.6 is 0 Å². The molecule has 0 saturated carbocycles. The molecule has 30 heavy (non-hydrogen) atoms. The summed E-state index contributed by atoms with van der Waals surface area (Å²) in [5.74, 6) is -0.236. The normalized spacial score (nSPS) is 15.5. The molecule has 0 N–H and O–H groups in total. The first kappa shape index (κ1) is 22.4. The number of halogens is 2. The fraction of sp³-hybridized carbons (Fsp3) is 0.458. The molecule has 0 spiro atoms. The molecule has 0 atom stereocenters. The van der Waals surface area contributed by atoms with Gasteiger partial charge in [0.1, 0.15) is 11.9 Å². The van der Waals surface area contributed by atoms with E-state index in [4.69, 9.17) is 4.74 Å². The smallest absolute Gasteiger partial charge is 0.165 e. The minimum atomic E-state index is -0.325. The fourth-order valence-electron chi connectivity index (χ4n) is 3.68. The van der Waals surface area contributed by atoms with Crippen molar-refractivity contribution in [3.63, 3.8) is 0 Å². The van der Waals surface area contributed by atoms with Crippen LogP contribution in [0.5, 0.6) is 5.75 Å². The van der Waals surface area contributed by atoms with Crippen molar-refractivity contribution in [1.82, 2.24) is 9.80 Å². The molecule has 0 radical (unpaired) electrons. The summed E-state index contributed by atoms with van der Waals surface area (Å²) in [6, 6.07) is 12.3. The van der Waals surface area contributed by atoms with E-state index in [1.165, 1.54) is 18.2 Å². The third-order valence-electron chi connectivity index (χ3n) is 5.57. The number of hydrogen-bond acceptors (Lipinski definition) is 4. The predicted octanol–water partition coefficient (Wildman–Crippen LogP) is 4.40. The van der Waals surface area contributed by atoms with Crippen LogP contribution in [0.25, 0.3) is 0 Å². The Kier molecular flexibility index (Phi) is 8.34. The Labute approximate surface area is 177 Å². The Balaban J connectivity index is 1.29. The van der Waals surface area contributed by atoms with Crippen molar-refractivity contribution in [3.05, 3.63) is 65.7 Å². The van der Waals surface area contributed by atoms with E-state index in [0.29, 0.717) is 17.7 Å². The number of benzene rings is 2. The van der Waals surface area contributed by atoms with E-state index in [1.54, 1.807) is 30.3 Å². The summed E-state index contributed by atoms with van der Waals surface area (Å²) in [7, 11) is 2.07. The van der Waals surface area contributed by atoms with Gasteiger partial charge in [-0.15, -0.1) is 0 Å². The minimum absolute atomic E-state index is 0.0559. The first-order valence-corrected chi connectivity index (χ1v) is 10.6. The number of nitrogens with zero attached hydrogens (tertiary/aromatic N) is 2. The van der Waals surface area contributed by atoms with Gasteiger partial charge >= 0.3 is 0 Å². The summed E-state index contributed by atoms with van der Waals surface area (Å²) in [5.41, 5.74) is 0.569. The molecular weight excluding hydrogens is 386 g/mol. The molecule has 162 valence electrons. The minimum Gasteiger partial charge on any atom is -0.487 e. The molecule has 2 aromatic rings. The van der Waals surface area contributed by atoms with Gasteiger partial charge in [0, 0.05) is 38.2 Å². The van der Waals surface area contributed by atoms with E-state index in [2.05, 4.69) is 16.8 Å². The van der Waals surface area contributed by atoms with E-state index in [1.807, 2.05) is 0 Å². The second-order valence-corrected chi connectivity index (χ2v) is 7.93. The van der Waals surface area contributed by atoms with Crippen molar-refractivity contribution in [2.24, 2.45) is 0 Å². The van der Waals surface area contributed by atoms with Gasteiger partial charge in [-0.25, -0.2) is 8.78 Å². The topological polar surface area (TPSA) is 32.8 Å². The zero-order valence-corrected chi connectivity index (χ0v) is 17.5. The molecule has 0 amide bonds. The van der Waals surface area contributed by atoms with Crippen molar-refractivity contribution in [2.75, 3.05) is 39.8 Å². The first-order valence-electron chi connectivity index (χ1n) is 10.6. The van der Waals surface area contributed by atoms with E-state index in [-0.39, 0.29) is 23.5 Å². The fourth-order valence-corrected chi connectivity index (χ4v) is 3.68. The van der Waals surface area contributed by atoms with Crippen molar-refractivity contribution in [3.8, 4) is 5.75 Å². The largest absolute Gasteiger partial charge is 0.487 e. The second-order valence-electron chi connectivity index (χ2n) is 7.93. The van der Waals surface area contributed by atoms with Gasteiger partial charge in [-0.3, -0.25) is 4.79 Å². The molecule has 0 bridgehead atoms. The highest BCUT2D eigenvalue weighted by Gasteiger charge is 2.21. The molecule has 0 aromatic heterocycles. The lowest BCUT2D eigenvalue weighted by molar-refractivity contribution is 0.0913. The molecular formula is C24H30F2N2O2. The summed E-state index contributed by atoms with van der Waals surface area (Å²) >= 11 is 0. The number of likely N-dealkylation sites (N-methyl/N-ethyl adjacent to an activating group) is 1. The van der Waals surface area contributed by atoms with Crippen LogP contribution in [0.1, 0.15) is 36.0 Å². The molecule has 4 nitrogen and oxygen atoms in total. The van der Waals surface area contributed by atoms with Gasteiger partial charge in [-0.2, -0.15) is 0 Å². The van der Waals surface area contributed by atoms with Gasteiger partial charge in [-0.05, 0) is 69.3 Å². The average molecular weight is 417 g/mol. The number of ketones is 1. The van der Waals surface area contributed by atoms with Gasteiger partial charge in [0.15, 0.2) is 17.3 Å². The summed E-state index contributed by atoms with van der Waals surface area (Å²) in [6.07, 6.45) is 3.10. The SMILES string of the molecule is CN(CCCC(=O)c1ccc(F)cc1)CCN1CCC(Oc2ccccc2F)CC1. The van der Waals surface area contributed by atoms with Crippen LogP contribution in [-0.4, -0.2) is 61.5 Å². The highest BCUT2D eigenvalue weighted by molar-refractivity contribution is 5.95. The second kappa shape index (κ2) is 11.2. The number of carbonyl (C=O) groups is 1. The molecule has 0 aliphatic carbocycles. The maximum absolute atomic E-state index is 13.7. The number of likely N-dealkylation sites (tertiary alicyclic amines) is 1. The van der Waals surface area contributed by atoms with Crippen LogP contribution in [0.4, 0.5) is 8.78 Å². The van der Waals surface area contributed by atoms with E-state index < -0.39 is 0 Å². The molecule has 1 saturated heterocycles. The molecule has 1 aliphatic heterocycles. The van der Waals surface area contributed by atoms with Crippen LogP contribution in [0.2, 0.25) is 0 Å². The highest BCUT2D eigenvalue weighted by Crippen LogP contribution is 2.21. The highest BCUT2D eigenvalue weighted by atomic mass is 19.1. The summed E-state index contributed by atoms with van der Waals surface area (Å²) in [6.45, 7) is 4.63. The summed E-state index contributed by atoms with van der Waals surface area (Å²) < 4.78 is 32.5. The molecule has 1 fully saturated rings. The third-order valence-corrected chi connectivity index (χ3v) is 5.57. The van der Waals surface area contributed by atoms with Crippen molar-refractivity contribution < 1.29 is 18.3 Å². The van der Waals surface area contributed by atoms with Crippen molar-refractivity contribution in [2.45, 2.75) is 31.8 Å². The number of Topliss-reactive ketones (excluding diaryl/α,β-unsaturated/α-hetero) is 1. The number of hydrogen-bond donors (Lipinski definition) is 0. The Bertz CT molecular complexity index is 805. The van der Waals surface area contributed by atoms with Crippen LogP contribution in [0.15, 0.2) is 48.5 Å². The van der Waals surface area contributed by atoms with Gasteiger partial charge in [0.25, 0.3) is 0 Å². The van der Waals surface area contributed by atoms with Crippen LogP contribution < -0.4 is 4.74 Å². The maximum atomic E-state index is 13.7. The van der Waals surface area contributed by atoms with Crippen LogP contribution in [-0.2, 0) is 0 Å². The molecule has 0 unspecified atom stereocenters. The Morgan fingerprint density at radius 3 is 2.47 bits per heavy atom. The third kappa shape index (κ3) is 6.89.